The number of halogens is 1. The molecule has 1 amide bonds. The summed E-state index contributed by atoms with van der Waals surface area (Å²) < 4.78 is 0. The fourth-order valence-corrected chi connectivity index (χ4v) is 1.97. The number of hydrogen-bond acceptors (Lipinski definition) is 4. The Morgan fingerprint density at radius 1 is 0.909 bits per heavy atom. The lowest BCUT2D eigenvalue weighted by molar-refractivity contribution is 0.102. The van der Waals surface area contributed by atoms with Crippen LogP contribution in [-0.2, 0) is 0 Å². The van der Waals surface area contributed by atoms with E-state index in [2.05, 4.69) is 20.5 Å². The fraction of sp³-hybridized carbons (Fsp3) is 0. The molecule has 0 aliphatic carbocycles. The molecule has 0 radical (unpaired) electrons. The summed E-state index contributed by atoms with van der Waals surface area (Å²) in [6, 6.07) is 15.6. The zero-order valence-corrected chi connectivity index (χ0v) is 12.2. The molecule has 0 atom stereocenters. The van der Waals surface area contributed by atoms with Crippen LogP contribution >= 0.6 is 11.6 Å². The normalized spacial score (nSPS) is 10.2. The Balaban J connectivity index is 1.73. The SMILES string of the molecule is O=C(Nc1ccc(-c2ccccn2)nn1)c1ccc(Cl)cc1. The highest BCUT2D eigenvalue weighted by molar-refractivity contribution is 6.30. The number of nitrogens with zero attached hydrogens (tertiary/aromatic N) is 3. The first-order chi connectivity index (χ1) is 10.7. The van der Waals surface area contributed by atoms with Gasteiger partial charge in [0.05, 0.1) is 5.69 Å². The van der Waals surface area contributed by atoms with Crippen LogP contribution in [0.4, 0.5) is 5.82 Å². The number of anilines is 1. The summed E-state index contributed by atoms with van der Waals surface area (Å²) in [5.41, 5.74) is 1.87. The summed E-state index contributed by atoms with van der Waals surface area (Å²) in [6.45, 7) is 0. The van der Waals surface area contributed by atoms with Crippen LogP contribution < -0.4 is 5.32 Å². The van der Waals surface area contributed by atoms with Crippen LogP contribution in [0.1, 0.15) is 10.4 Å². The molecule has 3 aromatic rings. The number of carbonyl (C=O) groups is 1. The van der Waals surface area contributed by atoms with Crippen molar-refractivity contribution in [3.8, 4) is 11.4 Å². The van der Waals surface area contributed by atoms with E-state index in [-0.39, 0.29) is 5.91 Å². The Hall–Kier alpha value is -2.79. The van der Waals surface area contributed by atoms with Crippen molar-refractivity contribution in [2.24, 2.45) is 0 Å². The summed E-state index contributed by atoms with van der Waals surface area (Å²) in [7, 11) is 0. The molecule has 0 aliphatic heterocycles. The highest BCUT2D eigenvalue weighted by Crippen LogP contribution is 2.15. The van der Waals surface area contributed by atoms with Crippen LogP contribution in [0.2, 0.25) is 5.02 Å². The smallest absolute Gasteiger partial charge is 0.256 e. The van der Waals surface area contributed by atoms with Gasteiger partial charge in [0.15, 0.2) is 5.82 Å². The molecule has 1 aromatic carbocycles. The highest BCUT2D eigenvalue weighted by atomic mass is 35.5. The summed E-state index contributed by atoms with van der Waals surface area (Å²) in [6.07, 6.45) is 1.69. The third kappa shape index (κ3) is 3.27. The average molecular weight is 311 g/mol. The monoisotopic (exact) mass is 310 g/mol. The lowest BCUT2D eigenvalue weighted by Gasteiger charge is -2.05. The van der Waals surface area contributed by atoms with E-state index in [1.165, 1.54) is 0 Å². The second-order valence-electron chi connectivity index (χ2n) is 4.48. The van der Waals surface area contributed by atoms with E-state index in [1.54, 1.807) is 42.6 Å². The van der Waals surface area contributed by atoms with Crippen molar-refractivity contribution in [2.75, 3.05) is 5.32 Å². The molecule has 5 nitrogen and oxygen atoms in total. The van der Waals surface area contributed by atoms with Crippen LogP contribution in [0.3, 0.4) is 0 Å². The predicted octanol–water partition coefficient (Wildman–Crippen LogP) is 3.44. The predicted molar refractivity (Wildman–Crippen MR) is 84.7 cm³/mol. The van der Waals surface area contributed by atoms with Crippen molar-refractivity contribution >= 4 is 23.3 Å². The van der Waals surface area contributed by atoms with Crippen LogP contribution in [0, 0.1) is 0 Å². The largest absolute Gasteiger partial charge is 0.305 e. The van der Waals surface area contributed by atoms with Crippen molar-refractivity contribution in [3.05, 3.63) is 71.4 Å². The van der Waals surface area contributed by atoms with Gasteiger partial charge in [-0.1, -0.05) is 17.7 Å². The Labute approximate surface area is 132 Å². The van der Waals surface area contributed by atoms with Gasteiger partial charge in [-0.15, -0.1) is 10.2 Å². The molecule has 22 heavy (non-hydrogen) atoms. The zero-order chi connectivity index (χ0) is 15.4. The van der Waals surface area contributed by atoms with E-state index in [1.807, 2.05) is 18.2 Å². The molecule has 0 aliphatic rings. The van der Waals surface area contributed by atoms with Gasteiger partial charge >= 0.3 is 0 Å². The second kappa shape index (κ2) is 6.32. The van der Waals surface area contributed by atoms with E-state index in [0.29, 0.717) is 22.1 Å². The van der Waals surface area contributed by atoms with Gasteiger partial charge in [0.1, 0.15) is 5.69 Å². The molecule has 0 spiro atoms. The van der Waals surface area contributed by atoms with Crippen molar-refractivity contribution in [1.82, 2.24) is 15.2 Å². The summed E-state index contributed by atoms with van der Waals surface area (Å²) >= 11 is 5.79. The number of amides is 1. The summed E-state index contributed by atoms with van der Waals surface area (Å²) in [4.78, 5) is 16.2. The molecule has 3 rings (SSSR count). The van der Waals surface area contributed by atoms with Gasteiger partial charge in [-0.25, -0.2) is 0 Å². The van der Waals surface area contributed by atoms with Gasteiger partial charge in [0.2, 0.25) is 0 Å². The van der Waals surface area contributed by atoms with E-state index in [0.717, 1.165) is 5.69 Å². The topological polar surface area (TPSA) is 67.8 Å². The van der Waals surface area contributed by atoms with Crippen molar-refractivity contribution in [3.63, 3.8) is 0 Å². The highest BCUT2D eigenvalue weighted by Gasteiger charge is 2.08. The summed E-state index contributed by atoms with van der Waals surface area (Å²) in [5.74, 6) is 0.108. The van der Waals surface area contributed by atoms with Crippen molar-refractivity contribution in [1.29, 1.82) is 0 Å². The quantitative estimate of drug-likeness (QED) is 0.804. The maximum Gasteiger partial charge on any atom is 0.256 e. The Bertz CT molecular complexity index is 774. The molecule has 0 unspecified atom stereocenters. The molecule has 0 bridgehead atoms. The molecule has 0 saturated heterocycles. The van der Waals surface area contributed by atoms with E-state index in [4.69, 9.17) is 11.6 Å². The van der Waals surface area contributed by atoms with Crippen LogP contribution in [0.5, 0.6) is 0 Å². The molecule has 1 N–H and O–H groups in total. The number of pyridine rings is 1. The first kappa shape index (κ1) is 14.2. The molecular formula is C16H11ClN4O. The second-order valence-corrected chi connectivity index (χ2v) is 4.92. The fourth-order valence-electron chi connectivity index (χ4n) is 1.84. The number of hydrogen-bond donors (Lipinski definition) is 1. The number of nitrogens with one attached hydrogen (secondary N) is 1. The van der Waals surface area contributed by atoms with E-state index < -0.39 is 0 Å². The minimum atomic E-state index is -0.267. The molecular weight excluding hydrogens is 300 g/mol. The lowest BCUT2D eigenvalue weighted by Crippen LogP contribution is -2.13. The van der Waals surface area contributed by atoms with Gasteiger partial charge in [0.25, 0.3) is 5.91 Å². The van der Waals surface area contributed by atoms with Crippen LogP contribution in [0.15, 0.2) is 60.8 Å². The standard InChI is InChI=1S/C16H11ClN4O/c17-12-6-4-11(5-7-12)16(22)19-15-9-8-14(20-21-15)13-3-1-2-10-18-13/h1-10H,(H,19,21,22). The Morgan fingerprint density at radius 2 is 1.73 bits per heavy atom. The Kier molecular flexibility index (Phi) is 4.07. The van der Waals surface area contributed by atoms with Gasteiger partial charge in [-0.2, -0.15) is 0 Å². The third-order valence-electron chi connectivity index (χ3n) is 2.94. The number of carbonyl (C=O) groups excluding carboxylic acids is 1. The van der Waals surface area contributed by atoms with Gasteiger partial charge in [0, 0.05) is 16.8 Å². The maximum atomic E-state index is 12.0. The minimum Gasteiger partial charge on any atom is -0.305 e. The molecule has 108 valence electrons. The first-order valence-electron chi connectivity index (χ1n) is 6.54. The van der Waals surface area contributed by atoms with Crippen LogP contribution in [0.25, 0.3) is 11.4 Å². The number of benzene rings is 1. The average Bonchev–Trinajstić information content (AvgIpc) is 2.57. The van der Waals surface area contributed by atoms with Crippen molar-refractivity contribution in [2.45, 2.75) is 0 Å². The third-order valence-corrected chi connectivity index (χ3v) is 3.19. The number of rotatable bonds is 3. The number of aromatic nitrogens is 3. The van der Waals surface area contributed by atoms with E-state index in [9.17, 15) is 4.79 Å². The summed E-state index contributed by atoms with van der Waals surface area (Å²) in [5, 5.41) is 11.3. The van der Waals surface area contributed by atoms with Gasteiger partial charge in [-0.3, -0.25) is 9.78 Å². The van der Waals surface area contributed by atoms with Gasteiger partial charge in [-0.05, 0) is 48.5 Å². The lowest BCUT2D eigenvalue weighted by atomic mass is 10.2. The minimum absolute atomic E-state index is 0.267. The maximum absolute atomic E-state index is 12.0. The molecule has 2 aromatic heterocycles. The Morgan fingerprint density at radius 3 is 2.36 bits per heavy atom. The molecule has 0 saturated carbocycles. The van der Waals surface area contributed by atoms with Crippen LogP contribution in [-0.4, -0.2) is 21.1 Å². The molecule has 0 fully saturated rings. The molecule has 2 heterocycles. The zero-order valence-electron chi connectivity index (χ0n) is 11.4. The first-order valence-corrected chi connectivity index (χ1v) is 6.92. The molecule has 6 heteroatoms. The van der Waals surface area contributed by atoms with Crippen molar-refractivity contribution < 1.29 is 4.79 Å². The van der Waals surface area contributed by atoms with E-state index >= 15 is 0 Å². The van der Waals surface area contributed by atoms with Gasteiger partial charge < -0.3 is 5.32 Å².